The van der Waals surface area contributed by atoms with E-state index in [0.29, 0.717) is 6.61 Å². The average Bonchev–Trinajstić information content (AvgIpc) is 2.91. The van der Waals surface area contributed by atoms with Crippen molar-refractivity contribution >= 4 is 0 Å². The van der Waals surface area contributed by atoms with Crippen molar-refractivity contribution in [1.82, 2.24) is 0 Å². The number of aryl methyl sites for hydroxylation is 2. The van der Waals surface area contributed by atoms with E-state index >= 15 is 0 Å². The van der Waals surface area contributed by atoms with Gasteiger partial charge in [-0.15, -0.1) is 0 Å². The monoisotopic (exact) mass is 333 g/mol. The van der Waals surface area contributed by atoms with E-state index in [4.69, 9.17) is 10.5 Å². The third kappa shape index (κ3) is 6.54. The van der Waals surface area contributed by atoms with Crippen LogP contribution in [0.4, 0.5) is 0 Å². The van der Waals surface area contributed by atoms with Gasteiger partial charge in [-0.2, -0.15) is 0 Å². The lowest BCUT2D eigenvalue weighted by atomic mass is 9.98. The number of hydrogen-bond acceptors (Lipinski definition) is 3. The fourth-order valence-electron chi connectivity index (χ4n) is 3.50. The minimum absolute atomic E-state index is 0.105. The number of hydrogen-bond donors (Lipinski definition) is 2. The van der Waals surface area contributed by atoms with Gasteiger partial charge >= 0.3 is 0 Å². The maximum absolute atomic E-state index is 9.96. The van der Waals surface area contributed by atoms with Gasteiger partial charge in [0.2, 0.25) is 0 Å². The molecular weight excluding hydrogens is 298 g/mol. The minimum atomic E-state index is -0.513. The molecule has 136 valence electrons. The van der Waals surface area contributed by atoms with Crippen LogP contribution in [0.2, 0.25) is 0 Å². The second kappa shape index (κ2) is 10.9. The van der Waals surface area contributed by atoms with Gasteiger partial charge in [0.05, 0.1) is 24.9 Å². The molecule has 0 bridgehead atoms. The summed E-state index contributed by atoms with van der Waals surface area (Å²) in [7, 11) is 0. The molecule has 0 aromatic heterocycles. The Morgan fingerprint density at radius 3 is 2.38 bits per heavy atom. The van der Waals surface area contributed by atoms with Gasteiger partial charge in [0.15, 0.2) is 0 Å². The normalized spacial score (nSPS) is 23.7. The van der Waals surface area contributed by atoms with Gasteiger partial charge < -0.3 is 15.6 Å². The molecule has 3 heteroatoms. The molecule has 0 saturated carbocycles. The Bertz CT molecular complexity index is 463. The summed E-state index contributed by atoms with van der Waals surface area (Å²) in [6, 6.07) is 8.66. The van der Waals surface area contributed by atoms with Gasteiger partial charge in [0.1, 0.15) is 0 Å². The van der Waals surface area contributed by atoms with Gasteiger partial charge in [0, 0.05) is 0 Å². The number of benzene rings is 1. The van der Waals surface area contributed by atoms with Gasteiger partial charge in [0.25, 0.3) is 0 Å². The van der Waals surface area contributed by atoms with Crippen LogP contribution in [0, 0.1) is 0 Å². The molecule has 0 unspecified atom stereocenters. The lowest BCUT2D eigenvalue weighted by Crippen LogP contribution is -2.36. The number of rotatable bonds is 11. The summed E-state index contributed by atoms with van der Waals surface area (Å²) in [6.45, 7) is 2.74. The van der Waals surface area contributed by atoms with E-state index in [1.54, 1.807) is 0 Å². The van der Waals surface area contributed by atoms with Crippen LogP contribution in [-0.4, -0.2) is 30.0 Å². The molecular formula is C21H35NO2. The Morgan fingerprint density at radius 2 is 1.71 bits per heavy atom. The number of nitrogens with two attached hydrogens (primary N) is 1. The molecule has 3 N–H and O–H groups in total. The summed E-state index contributed by atoms with van der Waals surface area (Å²) in [5.74, 6) is 0. The first kappa shape index (κ1) is 19.4. The highest BCUT2D eigenvalue weighted by Gasteiger charge is 2.32. The summed E-state index contributed by atoms with van der Waals surface area (Å²) in [4.78, 5) is 0. The third-order valence-electron chi connectivity index (χ3n) is 5.10. The fraction of sp³-hybridized carbons (Fsp3) is 0.714. The van der Waals surface area contributed by atoms with Crippen molar-refractivity contribution in [3.05, 3.63) is 35.4 Å². The molecule has 1 heterocycles. The largest absolute Gasteiger partial charge is 0.389 e. The van der Waals surface area contributed by atoms with Crippen molar-refractivity contribution in [2.75, 3.05) is 6.61 Å². The topological polar surface area (TPSA) is 55.5 Å². The highest BCUT2D eigenvalue weighted by molar-refractivity contribution is 5.23. The first-order valence-electron chi connectivity index (χ1n) is 9.83. The van der Waals surface area contributed by atoms with E-state index < -0.39 is 6.10 Å². The van der Waals surface area contributed by atoms with Gasteiger partial charge in [-0.3, -0.25) is 0 Å². The molecule has 3 atom stereocenters. The standard InChI is InChI=1S/C21H35NO2/c1-2-3-4-5-6-7-8-10-17-11-9-12-18(15-17)13-14-20-21(23)19(22)16-24-20/h9,11-12,15,19-21,23H,2-8,10,13-14,16,22H2,1H3/t19-,20+,21+/m1/s1. The molecule has 24 heavy (non-hydrogen) atoms. The Morgan fingerprint density at radius 1 is 1.04 bits per heavy atom. The fourth-order valence-corrected chi connectivity index (χ4v) is 3.50. The van der Waals surface area contributed by atoms with Crippen LogP contribution in [0.1, 0.15) is 69.4 Å². The van der Waals surface area contributed by atoms with Crippen molar-refractivity contribution in [1.29, 1.82) is 0 Å². The van der Waals surface area contributed by atoms with Crippen LogP contribution in [0.25, 0.3) is 0 Å². The van der Waals surface area contributed by atoms with Crippen molar-refractivity contribution in [2.45, 2.75) is 89.4 Å². The number of aliphatic hydroxyl groups is 1. The Kier molecular flexibility index (Phi) is 8.79. The predicted molar refractivity (Wildman–Crippen MR) is 100 cm³/mol. The molecule has 1 fully saturated rings. The second-order valence-corrected chi connectivity index (χ2v) is 7.26. The molecule has 0 spiro atoms. The molecule has 0 aliphatic carbocycles. The first-order valence-corrected chi connectivity index (χ1v) is 9.83. The molecule has 1 aromatic rings. The summed E-state index contributed by atoms with van der Waals surface area (Å²) in [5.41, 5.74) is 8.57. The summed E-state index contributed by atoms with van der Waals surface area (Å²) in [6.07, 6.45) is 11.8. The zero-order valence-corrected chi connectivity index (χ0v) is 15.3. The lowest BCUT2D eigenvalue weighted by molar-refractivity contribution is 0.0362. The molecule has 1 aliphatic rings. The summed E-state index contributed by atoms with van der Waals surface area (Å²) < 4.78 is 5.57. The van der Waals surface area contributed by atoms with E-state index in [1.165, 1.54) is 62.5 Å². The smallest absolute Gasteiger partial charge is 0.0974 e. The average molecular weight is 334 g/mol. The SMILES string of the molecule is CCCCCCCCCc1cccc(CC[C@@H]2OC[C@@H](N)[C@@H]2O)c1. The molecule has 0 radical (unpaired) electrons. The quantitative estimate of drug-likeness (QED) is 0.602. The molecule has 1 aliphatic heterocycles. The zero-order chi connectivity index (χ0) is 17.2. The zero-order valence-electron chi connectivity index (χ0n) is 15.3. The van der Waals surface area contributed by atoms with E-state index in [-0.39, 0.29) is 12.1 Å². The van der Waals surface area contributed by atoms with Crippen molar-refractivity contribution in [3.8, 4) is 0 Å². The maximum Gasteiger partial charge on any atom is 0.0974 e. The van der Waals surface area contributed by atoms with Crippen LogP contribution >= 0.6 is 0 Å². The molecule has 2 rings (SSSR count). The second-order valence-electron chi connectivity index (χ2n) is 7.26. The predicted octanol–water partition coefficient (Wildman–Crippen LogP) is 4.00. The third-order valence-corrected chi connectivity index (χ3v) is 5.10. The van der Waals surface area contributed by atoms with E-state index in [0.717, 1.165) is 12.8 Å². The summed E-state index contributed by atoms with van der Waals surface area (Å²) >= 11 is 0. The number of aliphatic hydroxyl groups excluding tert-OH is 1. The Labute approximate surface area is 147 Å². The van der Waals surface area contributed by atoms with Crippen LogP contribution in [0.3, 0.4) is 0 Å². The molecule has 0 amide bonds. The Balaban J connectivity index is 1.66. The van der Waals surface area contributed by atoms with Crippen LogP contribution in [-0.2, 0) is 17.6 Å². The van der Waals surface area contributed by atoms with E-state index in [2.05, 4.69) is 31.2 Å². The van der Waals surface area contributed by atoms with Crippen LogP contribution < -0.4 is 5.73 Å². The highest BCUT2D eigenvalue weighted by atomic mass is 16.5. The summed E-state index contributed by atoms with van der Waals surface area (Å²) in [5, 5.41) is 9.96. The molecule has 3 nitrogen and oxygen atoms in total. The van der Waals surface area contributed by atoms with Crippen molar-refractivity contribution in [3.63, 3.8) is 0 Å². The van der Waals surface area contributed by atoms with Crippen LogP contribution in [0.15, 0.2) is 24.3 Å². The minimum Gasteiger partial charge on any atom is -0.389 e. The maximum atomic E-state index is 9.96. The Hall–Kier alpha value is -0.900. The molecule has 1 saturated heterocycles. The first-order chi connectivity index (χ1) is 11.7. The molecule has 1 aromatic carbocycles. The highest BCUT2D eigenvalue weighted by Crippen LogP contribution is 2.19. The lowest BCUT2D eigenvalue weighted by Gasteiger charge is -2.15. The number of unbranched alkanes of at least 4 members (excludes halogenated alkanes) is 6. The van der Waals surface area contributed by atoms with Gasteiger partial charge in [-0.05, 0) is 36.8 Å². The van der Waals surface area contributed by atoms with Gasteiger partial charge in [-0.25, -0.2) is 0 Å². The van der Waals surface area contributed by atoms with E-state index in [9.17, 15) is 5.11 Å². The number of ether oxygens (including phenoxy) is 1. The van der Waals surface area contributed by atoms with Crippen molar-refractivity contribution in [2.24, 2.45) is 5.73 Å². The van der Waals surface area contributed by atoms with Gasteiger partial charge in [-0.1, -0.05) is 69.7 Å². The van der Waals surface area contributed by atoms with Crippen LogP contribution in [0.5, 0.6) is 0 Å². The van der Waals surface area contributed by atoms with E-state index in [1.807, 2.05) is 0 Å². The van der Waals surface area contributed by atoms with Crippen molar-refractivity contribution < 1.29 is 9.84 Å².